The maximum Gasteiger partial charge on any atom is 0.266 e. The molecule has 2 aromatic rings. The minimum atomic E-state index is -3.98. The largest absolute Gasteiger partial charge is 0.382 e. The lowest BCUT2D eigenvalue weighted by Gasteiger charge is -2.23. The lowest BCUT2D eigenvalue weighted by Crippen LogP contribution is -2.26. The molecule has 1 fully saturated rings. The van der Waals surface area contributed by atoms with Gasteiger partial charge >= 0.3 is 0 Å². The monoisotopic (exact) mass is 451 g/mol. The maximum atomic E-state index is 12.6. The summed E-state index contributed by atoms with van der Waals surface area (Å²) in [5.74, 6) is -0.434. The number of hydrogen-bond acceptors (Lipinski definition) is 5. The Kier molecular flexibility index (Phi) is 7.36. The lowest BCUT2D eigenvalue weighted by atomic mass is 9.95. The predicted octanol–water partition coefficient (Wildman–Crippen LogP) is 4.52. The van der Waals surface area contributed by atoms with E-state index in [2.05, 4.69) is 10.6 Å². The van der Waals surface area contributed by atoms with E-state index in [-0.39, 0.29) is 15.5 Å². The molecule has 0 spiro atoms. The van der Waals surface area contributed by atoms with Crippen LogP contribution in [0.15, 0.2) is 47.4 Å². The van der Waals surface area contributed by atoms with Crippen LogP contribution in [-0.4, -0.2) is 39.0 Å². The fraction of sp³-hybridized carbons (Fsp3) is 0.381. The molecule has 0 heterocycles. The second kappa shape index (κ2) is 9.78. The van der Waals surface area contributed by atoms with Crippen molar-refractivity contribution < 1.29 is 18.0 Å². The van der Waals surface area contributed by atoms with Crippen molar-refractivity contribution in [3.05, 3.63) is 53.1 Å². The van der Waals surface area contributed by atoms with E-state index in [0.717, 1.165) is 5.69 Å². The van der Waals surface area contributed by atoms with E-state index < -0.39 is 15.9 Å². The van der Waals surface area contributed by atoms with Gasteiger partial charge in [-0.25, -0.2) is 8.42 Å². The van der Waals surface area contributed by atoms with Gasteiger partial charge in [0.2, 0.25) is 0 Å². The first-order chi connectivity index (χ1) is 14.3. The van der Waals surface area contributed by atoms with Gasteiger partial charge in [-0.1, -0.05) is 35.3 Å². The zero-order valence-corrected chi connectivity index (χ0v) is 18.6. The number of nitrogens with one attached hydrogen (secondary N) is 2. The molecule has 0 saturated heterocycles. The number of sulfonamides is 1. The molecule has 0 aliphatic heterocycles. The Labute approximate surface area is 182 Å². The number of hydrogen-bond donors (Lipinski definition) is 2. The second-order valence-corrected chi connectivity index (χ2v) is 9.56. The van der Waals surface area contributed by atoms with Crippen molar-refractivity contribution in [1.82, 2.24) is 4.47 Å². The Morgan fingerprint density at radius 3 is 2.33 bits per heavy atom. The lowest BCUT2D eigenvalue weighted by molar-refractivity contribution is -0.0258. The summed E-state index contributed by atoms with van der Waals surface area (Å²) < 4.78 is 25.7. The van der Waals surface area contributed by atoms with Gasteiger partial charge in [0.1, 0.15) is 4.90 Å². The molecular weight excluding hydrogens is 426 g/mol. The first kappa shape index (κ1) is 22.6. The van der Waals surface area contributed by atoms with Crippen LogP contribution in [0.1, 0.15) is 42.5 Å². The first-order valence-corrected chi connectivity index (χ1v) is 11.6. The van der Waals surface area contributed by atoms with Crippen molar-refractivity contribution in [2.75, 3.05) is 24.8 Å². The summed E-state index contributed by atoms with van der Waals surface area (Å²) in [6.45, 7) is 0. The van der Waals surface area contributed by atoms with Gasteiger partial charge in [-0.2, -0.15) is 0 Å². The minimum absolute atomic E-state index is 0.00795. The molecule has 0 atom stereocenters. The number of carbonyl (C=O) groups is 1. The van der Waals surface area contributed by atoms with Gasteiger partial charge in [-0.3, -0.25) is 9.63 Å². The van der Waals surface area contributed by atoms with Gasteiger partial charge < -0.3 is 10.6 Å². The van der Waals surface area contributed by atoms with E-state index in [1.165, 1.54) is 64.5 Å². The van der Waals surface area contributed by atoms with E-state index >= 15 is 0 Å². The third-order valence-electron chi connectivity index (χ3n) is 5.19. The molecular formula is C21H26ClN3O4S. The molecule has 1 aliphatic carbocycles. The van der Waals surface area contributed by atoms with Crippen LogP contribution in [0.25, 0.3) is 0 Å². The minimum Gasteiger partial charge on any atom is -0.382 e. The van der Waals surface area contributed by atoms with Gasteiger partial charge in [0.05, 0.1) is 12.1 Å². The molecule has 30 heavy (non-hydrogen) atoms. The number of anilines is 2. The normalized spacial score (nSPS) is 15.2. The van der Waals surface area contributed by atoms with Crippen molar-refractivity contribution in [3.63, 3.8) is 0 Å². The Bertz CT molecular complexity index is 990. The third kappa shape index (κ3) is 5.31. The zero-order chi connectivity index (χ0) is 21.7. The van der Waals surface area contributed by atoms with Gasteiger partial charge in [-0.15, -0.1) is 0 Å². The highest BCUT2D eigenvalue weighted by atomic mass is 35.5. The summed E-state index contributed by atoms with van der Waals surface area (Å²) >= 11 is 6.04. The molecule has 1 saturated carbocycles. The quantitative estimate of drug-likeness (QED) is 0.604. The van der Waals surface area contributed by atoms with Crippen LogP contribution in [-0.2, 0) is 14.9 Å². The highest BCUT2D eigenvalue weighted by Gasteiger charge is 2.25. The molecule has 7 nitrogen and oxygen atoms in total. The molecule has 162 valence electrons. The summed E-state index contributed by atoms with van der Waals surface area (Å²) in [6.07, 6.45) is 6.17. The second-order valence-electron chi connectivity index (χ2n) is 7.25. The van der Waals surface area contributed by atoms with Crippen LogP contribution >= 0.6 is 11.6 Å². The smallest absolute Gasteiger partial charge is 0.266 e. The highest BCUT2D eigenvalue weighted by Crippen LogP contribution is 2.26. The molecule has 3 rings (SSSR count). The predicted molar refractivity (Wildman–Crippen MR) is 118 cm³/mol. The van der Waals surface area contributed by atoms with E-state index in [1.807, 2.05) is 24.3 Å². The molecule has 9 heteroatoms. The first-order valence-electron chi connectivity index (χ1n) is 9.82. The van der Waals surface area contributed by atoms with Gasteiger partial charge in [0.15, 0.2) is 0 Å². The maximum absolute atomic E-state index is 12.6. The van der Waals surface area contributed by atoms with Crippen molar-refractivity contribution in [2.45, 2.75) is 43.0 Å². The number of carbonyl (C=O) groups excluding carboxylic acids is 1. The van der Waals surface area contributed by atoms with Crippen LogP contribution in [0.4, 0.5) is 11.4 Å². The topological polar surface area (TPSA) is 87.7 Å². The Morgan fingerprint density at radius 1 is 1.07 bits per heavy atom. The molecule has 2 aromatic carbocycles. The van der Waals surface area contributed by atoms with E-state index in [1.54, 1.807) is 0 Å². The average Bonchev–Trinajstić information content (AvgIpc) is 2.75. The van der Waals surface area contributed by atoms with Gasteiger partial charge in [-0.05, 0) is 55.3 Å². The number of hydroxylamine groups is 1. The van der Waals surface area contributed by atoms with E-state index in [4.69, 9.17) is 16.4 Å². The molecule has 0 unspecified atom stereocenters. The van der Waals surface area contributed by atoms with Gasteiger partial charge in [0, 0.05) is 30.0 Å². The number of nitrogens with zero attached hydrogens (tertiary/aromatic N) is 1. The summed E-state index contributed by atoms with van der Waals surface area (Å²) in [6, 6.07) is 12.1. The fourth-order valence-electron chi connectivity index (χ4n) is 3.41. The van der Waals surface area contributed by atoms with Crippen LogP contribution < -0.4 is 10.6 Å². The SMILES string of the molecule is CON(C)S(=O)(=O)c1cc(C(=O)Nc2ccc(NC3CCCCC3)cc2)ccc1Cl. The Morgan fingerprint density at radius 2 is 1.70 bits per heavy atom. The van der Waals surface area contributed by atoms with E-state index in [0.29, 0.717) is 16.2 Å². The van der Waals surface area contributed by atoms with E-state index in [9.17, 15) is 13.2 Å². The average molecular weight is 452 g/mol. The summed E-state index contributed by atoms with van der Waals surface area (Å²) in [5, 5.41) is 6.32. The zero-order valence-electron chi connectivity index (χ0n) is 17.0. The fourth-order valence-corrected chi connectivity index (χ4v) is 4.89. The van der Waals surface area contributed by atoms with Crippen LogP contribution in [0.2, 0.25) is 5.02 Å². The summed E-state index contributed by atoms with van der Waals surface area (Å²) in [4.78, 5) is 17.2. The number of amides is 1. The van der Waals surface area contributed by atoms with Crippen molar-refractivity contribution in [2.24, 2.45) is 0 Å². The Balaban J connectivity index is 1.70. The standard InChI is InChI=1S/C21H26ClN3O4S/c1-25(29-2)30(27,28)20-14-15(8-13-19(20)22)21(26)24-18-11-9-17(10-12-18)23-16-6-4-3-5-7-16/h8-14,16,23H,3-7H2,1-2H3,(H,24,26). The number of halogens is 1. The van der Waals surface area contributed by atoms with Crippen LogP contribution in [0, 0.1) is 0 Å². The molecule has 0 radical (unpaired) electrons. The number of benzene rings is 2. The summed E-state index contributed by atoms with van der Waals surface area (Å²) in [7, 11) is -1.50. The molecule has 0 bridgehead atoms. The molecule has 0 aromatic heterocycles. The summed E-state index contributed by atoms with van der Waals surface area (Å²) in [5.41, 5.74) is 1.80. The van der Waals surface area contributed by atoms with Crippen molar-refractivity contribution >= 4 is 38.9 Å². The third-order valence-corrected chi connectivity index (χ3v) is 7.35. The molecule has 1 aliphatic rings. The number of rotatable bonds is 7. The van der Waals surface area contributed by atoms with Gasteiger partial charge in [0.25, 0.3) is 15.9 Å². The van der Waals surface area contributed by atoms with Crippen LogP contribution in [0.5, 0.6) is 0 Å². The molecule has 1 amide bonds. The molecule has 2 N–H and O–H groups in total. The highest BCUT2D eigenvalue weighted by molar-refractivity contribution is 7.89. The van der Waals surface area contributed by atoms with Crippen LogP contribution in [0.3, 0.4) is 0 Å². The Hall–Kier alpha value is -2.13. The van der Waals surface area contributed by atoms with Crippen molar-refractivity contribution in [3.8, 4) is 0 Å². The van der Waals surface area contributed by atoms with Crippen molar-refractivity contribution in [1.29, 1.82) is 0 Å².